The third-order valence-corrected chi connectivity index (χ3v) is 3.85. The highest BCUT2D eigenvalue weighted by Gasteiger charge is 2.14. The molecule has 0 bridgehead atoms. The van der Waals surface area contributed by atoms with Crippen LogP contribution in [0.25, 0.3) is 0 Å². The van der Waals surface area contributed by atoms with E-state index in [1.165, 1.54) is 5.56 Å². The fourth-order valence-electron chi connectivity index (χ4n) is 2.11. The van der Waals surface area contributed by atoms with Crippen molar-refractivity contribution in [3.8, 4) is 0 Å². The third kappa shape index (κ3) is 3.88. The molecule has 1 heterocycles. The summed E-state index contributed by atoms with van der Waals surface area (Å²) in [7, 11) is 2.00. The molecule has 2 rings (SSSR count). The molecule has 0 amide bonds. The molecule has 0 saturated carbocycles. The molecule has 3 nitrogen and oxygen atoms in total. The van der Waals surface area contributed by atoms with E-state index in [0.29, 0.717) is 6.54 Å². The molecule has 2 aromatic rings. The highest BCUT2D eigenvalue weighted by Crippen LogP contribution is 2.25. The van der Waals surface area contributed by atoms with E-state index in [4.69, 9.17) is 17.3 Å². The number of nitrogen functional groups attached to an aromatic ring is 1. The Kier molecular flexibility index (Phi) is 4.43. The van der Waals surface area contributed by atoms with Gasteiger partial charge in [0.15, 0.2) is 0 Å². The molecule has 1 aromatic heterocycles. The predicted octanol–water partition coefficient (Wildman–Crippen LogP) is 4.25. The van der Waals surface area contributed by atoms with Crippen LogP contribution in [0.5, 0.6) is 0 Å². The summed E-state index contributed by atoms with van der Waals surface area (Å²) in [6, 6.07) is 9.71. The van der Waals surface area contributed by atoms with E-state index in [9.17, 15) is 0 Å². The molecule has 0 aliphatic heterocycles. The summed E-state index contributed by atoms with van der Waals surface area (Å²) >= 11 is 6.21. The smallest absolute Gasteiger partial charge is 0.128 e. The van der Waals surface area contributed by atoms with Crippen molar-refractivity contribution in [3.05, 3.63) is 52.7 Å². The number of nitrogens with two attached hydrogens (primary N) is 1. The van der Waals surface area contributed by atoms with Gasteiger partial charge in [-0.25, -0.2) is 4.98 Å². The van der Waals surface area contributed by atoms with E-state index >= 15 is 0 Å². The summed E-state index contributed by atoms with van der Waals surface area (Å²) in [4.78, 5) is 6.61. The van der Waals surface area contributed by atoms with Crippen LogP contribution < -0.4 is 10.6 Å². The van der Waals surface area contributed by atoms with Gasteiger partial charge >= 0.3 is 0 Å². The molecule has 0 aliphatic rings. The minimum absolute atomic E-state index is 0.112. The summed E-state index contributed by atoms with van der Waals surface area (Å²) in [6.45, 7) is 7.21. The maximum atomic E-state index is 6.21. The second kappa shape index (κ2) is 5.94. The van der Waals surface area contributed by atoms with Crippen LogP contribution >= 0.6 is 11.6 Å². The van der Waals surface area contributed by atoms with Crippen molar-refractivity contribution in [2.45, 2.75) is 32.7 Å². The van der Waals surface area contributed by atoms with Gasteiger partial charge in [-0.1, -0.05) is 38.4 Å². The van der Waals surface area contributed by atoms with Crippen LogP contribution in [0.2, 0.25) is 5.02 Å². The molecule has 2 N–H and O–H groups in total. The van der Waals surface area contributed by atoms with Gasteiger partial charge in [0.2, 0.25) is 0 Å². The Bertz CT molecular complexity index is 615. The van der Waals surface area contributed by atoms with Gasteiger partial charge in [0.05, 0.1) is 0 Å². The fourth-order valence-corrected chi connectivity index (χ4v) is 2.29. The SMILES string of the molecule is CN(Cc1cc(N)ccc1Cl)c1ccc(C(C)(C)C)cn1. The standard InChI is InChI=1S/C17H22ClN3/c1-17(2,3)13-5-8-16(20-10-13)21(4)11-12-9-14(19)6-7-15(12)18/h5-10H,11,19H2,1-4H3. The number of hydrogen-bond donors (Lipinski definition) is 1. The Labute approximate surface area is 131 Å². The predicted molar refractivity (Wildman–Crippen MR) is 90.9 cm³/mol. The first kappa shape index (κ1) is 15.6. The maximum absolute atomic E-state index is 6.21. The van der Waals surface area contributed by atoms with Crippen molar-refractivity contribution < 1.29 is 0 Å². The topological polar surface area (TPSA) is 42.1 Å². The Hall–Kier alpha value is -1.74. The number of nitrogens with zero attached hydrogens (tertiary/aromatic N) is 2. The number of hydrogen-bond acceptors (Lipinski definition) is 3. The number of aromatic nitrogens is 1. The number of benzene rings is 1. The monoisotopic (exact) mass is 303 g/mol. The molecule has 0 saturated heterocycles. The van der Waals surface area contributed by atoms with Crippen LogP contribution in [0.4, 0.5) is 11.5 Å². The summed E-state index contributed by atoms with van der Waals surface area (Å²) in [5.41, 5.74) is 8.87. The summed E-state index contributed by atoms with van der Waals surface area (Å²) in [6.07, 6.45) is 1.94. The molecule has 112 valence electrons. The van der Waals surface area contributed by atoms with E-state index in [2.05, 4.69) is 36.7 Å². The average Bonchev–Trinajstić information content (AvgIpc) is 2.42. The molecule has 4 heteroatoms. The van der Waals surface area contributed by atoms with Crippen molar-refractivity contribution in [2.24, 2.45) is 0 Å². The number of rotatable bonds is 3. The lowest BCUT2D eigenvalue weighted by Gasteiger charge is -2.22. The van der Waals surface area contributed by atoms with Crippen LogP contribution in [0, 0.1) is 0 Å². The lowest BCUT2D eigenvalue weighted by atomic mass is 9.88. The summed E-state index contributed by atoms with van der Waals surface area (Å²) in [5, 5.41) is 0.724. The van der Waals surface area contributed by atoms with E-state index in [1.807, 2.05) is 37.5 Å². The molecule has 0 atom stereocenters. The first-order valence-electron chi connectivity index (χ1n) is 6.99. The number of pyridine rings is 1. The van der Waals surface area contributed by atoms with E-state index in [0.717, 1.165) is 22.1 Å². The van der Waals surface area contributed by atoms with Gasteiger partial charge in [0.25, 0.3) is 0 Å². The largest absolute Gasteiger partial charge is 0.399 e. The van der Waals surface area contributed by atoms with Crippen LogP contribution in [0.1, 0.15) is 31.9 Å². The van der Waals surface area contributed by atoms with E-state index < -0.39 is 0 Å². The van der Waals surface area contributed by atoms with Crippen molar-refractivity contribution in [1.82, 2.24) is 4.98 Å². The van der Waals surface area contributed by atoms with Gasteiger partial charge in [0.1, 0.15) is 5.82 Å². The normalized spacial score (nSPS) is 11.5. The van der Waals surface area contributed by atoms with Crippen LogP contribution in [-0.2, 0) is 12.0 Å². The Morgan fingerprint density at radius 3 is 2.48 bits per heavy atom. The molecule has 1 aromatic carbocycles. The summed E-state index contributed by atoms with van der Waals surface area (Å²) in [5.74, 6) is 0.918. The molecule has 0 fully saturated rings. The lowest BCUT2D eigenvalue weighted by Crippen LogP contribution is -2.19. The minimum Gasteiger partial charge on any atom is -0.399 e. The molecule has 0 aliphatic carbocycles. The van der Waals surface area contributed by atoms with Gasteiger partial charge in [-0.05, 0) is 40.8 Å². The lowest BCUT2D eigenvalue weighted by molar-refractivity contribution is 0.587. The molecule has 0 spiro atoms. The van der Waals surface area contributed by atoms with Gasteiger partial charge < -0.3 is 10.6 Å². The van der Waals surface area contributed by atoms with Gasteiger partial charge in [-0.2, -0.15) is 0 Å². The van der Waals surface area contributed by atoms with E-state index in [1.54, 1.807) is 0 Å². The van der Waals surface area contributed by atoms with Gasteiger partial charge in [-0.3, -0.25) is 0 Å². The number of halogens is 1. The first-order chi connectivity index (χ1) is 9.77. The minimum atomic E-state index is 0.112. The molecule has 0 unspecified atom stereocenters. The molecule has 0 radical (unpaired) electrons. The molecular weight excluding hydrogens is 282 g/mol. The van der Waals surface area contributed by atoms with Gasteiger partial charge in [-0.15, -0.1) is 0 Å². The Morgan fingerprint density at radius 1 is 1.19 bits per heavy atom. The second-order valence-corrected chi connectivity index (χ2v) is 6.77. The third-order valence-electron chi connectivity index (χ3n) is 3.48. The van der Waals surface area contributed by atoms with Gasteiger partial charge in [0, 0.05) is 30.5 Å². The maximum Gasteiger partial charge on any atom is 0.128 e. The summed E-state index contributed by atoms with van der Waals surface area (Å²) < 4.78 is 0. The van der Waals surface area contributed by atoms with Crippen molar-refractivity contribution in [2.75, 3.05) is 17.7 Å². The number of anilines is 2. The zero-order valence-corrected chi connectivity index (χ0v) is 13.8. The first-order valence-corrected chi connectivity index (χ1v) is 7.37. The highest BCUT2D eigenvalue weighted by molar-refractivity contribution is 6.31. The Balaban J connectivity index is 2.17. The Morgan fingerprint density at radius 2 is 1.90 bits per heavy atom. The van der Waals surface area contributed by atoms with Crippen molar-refractivity contribution in [1.29, 1.82) is 0 Å². The van der Waals surface area contributed by atoms with E-state index in [-0.39, 0.29) is 5.41 Å². The van der Waals surface area contributed by atoms with Crippen LogP contribution in [0.3, 0.4) is 0 Å². The second-order valence-electron chi connectivity index (χ2n) is 6.36. The van der Waals surface area contributed by atoms with Crippen LogP contribution in [-0.4, -0.2) is 12.0 Å². The zero-order chi connectivity index (χ0) is 15.6. The molecular formula is C17H22ClN3. The molecule has 21 heavy (non-hydrogen) atoms. The average molecular weight is 304 g/mol. The quantitative estimate of drug-likeness (QED) is 0.862. The fraction of sp³-hybridized carbons (Fsp3) is 0.353. The van der Waals surface area contributed by atoms with Crippen molar-refractivity contribution >= 4 is 23.1 Å². The van der Waals surface area contributed by atoms with Crippen LogP contribution in [0.15, 0.2) is 36.5 Å². The zero-order valence-electron chi connectivity index (χ0n) is 13.0. The highest BCUT2D eigenvalue weighted by atomic mass is 35.5. The van der Waals surface area contributed by atoms with Crippen molar-refractivity contribution in [3.63, 3.8) is 0 Å².